The monoisotopic (exact) mass is 280 g/mol. The maximum absolute atomic E-state index is 12.6. The van der Waals surface area contributed by atoms with Gasteiger partial charge in [0.15, 0.2) is 0 Å². The van der Waals surface area contributed by atoms with Gasteiger partial charge in [-0.3, -0.25) is 9.89 Å². The number of hydrogen-bond donors (Lipinski definition) is 1. The Bertz CT molecular complexity index is 699. The Morgan fingerprint density at radius 3 is 2.57 bits per heavy atom. The molecule has 6 heteroatoms. The number of benzene rings is 1. The second-order valence-electron chi connectivity index (χ2n) is 4.29. The Kier molecular flexibility index (Phi) is 3.68. The molecule has 0 amide bonds. The summed E-state index contributed by atoms with van der Waals surface area (Å²) in [7, 11) is 0. The molecule has 0 aliphatic heterocycles. The number of nitrogens with one attached hydrogen (secondary N) is 1. The smallest absolute Gasteiger partial charge is 0.214 e. The highest BCUT2D eigenvalue weighted by atomic mass is 16.5. The highest BCUT2D eigenvalue weighted by Gasteiger charge is 2.26. The van der Waals surface area contributed by atoms with Gasteiger partial charge in [0.05, 0.1) is 0 Å². The summed E-state index contributed by atoms with van der Waals surface area (Å²) in [5.74, 6) is 0.157. The second kappa shape index (κ2) is 5.96. The lowest BCUT2D eigenvalue weighted by Gasteiger charge is -2.15. The summed E-state index contributed by atoms with van der Waals surface area (Å²) in [6, 6.07) is 14.2. The molecule has 0 aliphatic rings. The quantitative estimate of drug-likeness (QED) is 0.725. The van der Waals surface area contributed by atoms with Gasteiger partial charge in [0.25, 0.3) is 0 Å². The molecule has 3 rings (SSSR count). The number of H-pyrrole nitrogens is 1. The van der Waals surface area contributed by atoms with Crippen molar-refractivity contribution in [3.8, 4) is 5.88 Å². The summed E-state index contributed by atoms with van der Waals surface area (Å²) in [5, 5.41) is 10.1. The molecule has 0 radical (unpaired) electrons. The van der Waals surface area contributed by atoms with Gasteiger partial charge in [-0.1, -0.05) is 41.6 Å². The third kappa shape index (κ3) is 2.94. The minimum Gasteiger partial charge on any atom is -0.459 e. The van der Waals surface area contributed by atoms with Crippen LogP contribution in [-0.4, -0.2) is 26.2 Å². The summed E-state index contributed by atoms with van der Waals surface area (Å²) < 4.78 is 5.69. The van der Waals surface area contributed by atoms with Gasteiger partial charge in [-0.05, 0) is 6.07 Å². The van der Waals surface area contributed by atoms with Gasteiger partial charge in [0, 0.05) is 24.0 Å². The zero-order valence-electron chi connectivity index (χ0n) is 11.0. The Morgan fingerprint density at radius 1 is 1.10 bits per heavy atom. The molecule has 21 heavy (non-hydrogen) atoms. The van der Waals surface area contributed by atoms with E-state index < -0.39 is 6.10 Å². The van der Waals surface area contributed by atoms with Crippen LogP contribution in [0.1, 0.15) is 22.2 Å². The fourth-order valence-corrected chi connectivity index (χ4v) is 1.88. The number of rotatable bonds is 5. The topological polar surface area (TPSA) is 80.8 Å². The number of pyridine rings is 1. The number of carbonyl (C=O) groups excluding carboxylic acids is 1. The average Bonchev–Trinajstić information content (AvgIpc) is 3.08. The fraction of sp³-hybridized carbons (Fsp3) is 0.0667. The van der Waals surface area contributed by atoms with Crippen molar-refractivity contribution in [2.45, 2.75) is 6.10 Å². The van der Waals surface area contributed by atoms with Crippen LogP contribution in [0.15, 0.2) is 60.9 Å². The Labute approximate surface area is 120 Å². The molecule has 1 aromatic carbocycles. The molecule has 0 saturated heterocycles. The first-order chi connectivity index (χ1) is 10.3. The van der Waals surface area contributed by atoms with E-state index in [0.29, 0.717) is 17.1 Å². The molecule has 1 N–H and O–H groups in total. The molecule has 2 aromatic heterocycles. The number of nitrogens with zero attached hydrogens (tertiary/aromatic N) is 3. The van der Waals surface area contributed by atoms with E-state index in [2.05, 4.69) is 20.4 Å². The molecule has 0 spiro atoms. The van der Waals surface area contributed by atoms with Crippen LogP contribution in [0, 0.1) is 0 Å². The summed E-state index contributed by atoms with van der Waals surface area (Å²) in [4.78, 5) is 16.7. The molecule has 1 unspecified atom stereocenters. The van der Waals surface area contributed by atoms with Gasteiger partial charge in [0.2, 0.25) is 17.8 Å². The molecular weight excluding hydrogens is 268 g/mol. The van der Waals surface area contributed by atoms with Gasteiger partial charge >= 0.3 is 0 Å². The largest absolute Gasteiger partial charge is 0.459 e. The predicted molar refractivity (Wildman–Crippen MR) is 74.8 cm³/mol. The minimum atomic E-state index is -0.888. The molecule has 6 nitrogen and oxygen atoms in total. The highest BCUT2D eigenvalue weighted by Crippen LogP contribution is 2.22. The summed E-state index contributed by atoms with van der Waals surface area (Å²) in [6.45, 7) is 0. The summed E-state index contributed by atoms with van der Waals surface area (Å²) in [6.07, 6.45) is 2.25. The fourth-order valence-electron chi connectivity index (χ4n) is 1.88. The molecule has 0 saturated carbocycles. The van der Waals surface area contributed by atoms with Crippen LogP contribution in [0.2, 0.25) is 0 Å². The van der Waals surface area contributed by atoms with Crippen LogP contribution in [0.4, 0.5) is 0 Å². The van der Waals surface area contributed by atoms with Crippen LogP contribution < -0.4 is 4.74 Å². The first kappa shape index (κ1) is 13.0. The maximum Gasteiger partial charge on any atom is 0.214 e. The lowest BCUT2D eigenvalue weighted by Crippen LogP contribution is -2.20. The Balaban J connectivity index is 1.92. The molecule has 0 bridgehead atoms. The highest BCUT2D eigenvalue weighted by molar-refractivity contribution is 5.99. The molecule has 104 valence electrons. The summed E-state index contributed by atoms with van der Waals surface area (Å²) >= 11 is 0. The van der Waals surface area contributed by atoms with Crippen molar-refractivity contribution in [3.63, 3.8) is 0 Å². The number of carbonyl (C=O) groups is 1. The number of hydrogen-bond acceptors (Lipinski definition) is 5. The molecular formula is C15H12N4O2. The normalized spacial score (nSPS) is 11.8. The van der Waals surface area contributed by atoms with E-state index in [1.807, 2.05) is 6.07 Å². The van der Waals surface area contributed by atoms with E-state index in [-0.39, 0.29) is 5.78 Å². The Morgan fingerprint density at radius 2 is 1.90 bits per heavy atom. The van der Waals surface area contributed by atoms with Gasteiger partial charge in [-0.25, -0.2) is 4.98 Å². The van der Waals surface area contributed by atoms with Crippen molar-refractivity contribution >= 4 is 5.78 Å². The third-order valence-corrected chi connectivity index (χ3v) is 2.88. The maximum atomic E-state index is 12.6. The number of aromatic amines is 1. The SMILES string of the molecule is O=C(c1ccccc1)C(Oc1ccccn1)c1c[nH]nn1. The minimum absolute atomic E-state index is 0.199. The van der Waals surface area contributed by atoms with Gasteiger partial charge in [0.1, 0.15) is 5.69 Å². The average molecular weight is 280 g/mol. The van der Waals surface area contributed by atoms with Gasteiger partial charge < -0.3 is 4.74 Å². The van der Waals surface area contributed by atoms with E-state index in [1.165, 1.54) is 6.20 Å². The molecule has 2 heterocycles. The zero-order chi connectivity index (χ0) is 14.5. The first-order valence-corrected chi connectivity index (χ1v) is 6.38. The van der Waals surface area contributed by atoms with Crippen molar-refractivity contribution in [3.05, 3.63) is 72.2 Å². The molecule has 0 aliphatic carbocycles. The van der Waals surface area contributed by atoms with E-state index in [1.54, 1.807) is 48.7 Å². The third-order valence-electron chi connectivity index (χ3n) is 2.88. The van der Waals surface area contributed by atoms with E-state index in [0.717, 1.165) is 0 Å². The molecule has 0 fully saturated rings. The standard InChI is InChI=1S/C15H12N4O2/c20-14(11-6-2-1-3-7-11)15(12-10-17-19-18-12)21-13-8-4-5-9-16-13/h1-10,15H,(H,17,18,19). The molecule has 1 atom stereocenters. The predicted octanol–water partition coefficient (Wildman–Crippen LogP) is 2.20. The van der Waals surface area contributed by atoms with Gasteiger partial charge in [-0.2, -0.15) is 0 Å². The summed E-state index contributed by atoms with van der Waals surface area (Å²) in [5.41, 5.74) is 0.955. The van der Waals surface area contributed by atoms with Gasteiger partial charge in [-0.15, -0.1) is 5.10 Å². The van der Waals surface area contributed by atoms with Crippen LogP contribution in [0.3, 0.4) is 0 Å². The lowest BCUT2D eigenvalue weighted by atomic mass is 10.0. The number of ketones is 1. The van der Waals surface area contributed by atoms with Crippen molar-refractivity contribution in [1.29, 1.82) is 0 Å². The van der Waals surface area contributed by atoms with E-state index in [9.17, 15) is 4.79 Å². The van der Waals surface area contributed by atoms with Crippen LogP contribution in [0.25, 0.3) is 0 Å². The van der Waals surface area contributed by atoms with Crippen molar-refractivity contribution < 1.29 is 9.53 Å². The second-order valence-corrected chi connectivity index (χ2v) is 4.29. The van der Waals surface area contributed by atoms with Crippen LogP contribution in [0.5, 0.6) is 5.88 Å². The van der Waals surface area contributed by atoms with Crippen molar-refractivity contribution in [2.75, 3.05) is 0 Å². The number of aromatic nitrogens is 4. The van der Waals surface area contributed by atoms with Crippen LogP contribution in [-0.2, 0) is 0 Å². The van der Waals surface area contributed by atoms with Crippen LogP contribution >= 0.6 is 0 Å². The first-order valence-electron chi connectivity index (χ1n) is 6.38. The van der Waals surface area contributed by atoms with Crippen molar-refractivity contribution in [1.82, 2.24) is 20.4 Å². The number of ether oxygens (including phenoxy) is 1. The van der Waals surface area contributed by atoms with E-state index in [4.69, 9.17) is 4.74 Å². The number of Topliss-reactive ketones (excluding diaryl/α,β-unsaturated/α-hetero) is 1. The Hall–Kier alpha value is -3.02. The van der Waals surface area contributed by atoms with Crippen molar-refractivity contribution in [2.24, 2.45) is 0 Å². The van der Waals surface area contributed by atoms with E-state index >= 15 is 0 Å². The molecule has 3 aromatic rings. The zero-order valence-corrected chi connectivity index (χ0v) is 11.0. The lowest BCUT2D eigenvalue weighted by molar-refractivity contribution is 0.0777.